The van der Waals surface area contributed by atoms with Crippen molar-refractivity contribution in [1.82, 2.24) is 4.98 Å². The van der Waals surface area contributed by atoms with Crippen LogP contribution in [0.5, 0.6) is 5.75 Å². The van der Waals surface area contributed by atoms with Crippen LogP contribution in [0.1, 0.15) is 5.56 Å². The molecule has 0 saturated carbocycles. The molecule has 186 valence electrons. The van der Waals surface area contributed by atoms with Gasteiger partial charge in [-0.2, -0.15) is 5.26 Å². The maximum atomic E-state index is 10.8. The van der Waals surface area contributed by atoms with Crippen LogP contribution in [-0.2, 0) is 0 Å². The van der Waals surface area contributed by atoms with E-state index in [1.165, 1.54) is 11.8 Å². The number of aliphatic hydroxyl groups is 1. The van der Waals surface area contributed by atoms with Gasteiger partial charge in [0, 0.05) is 22.4 Å². The number of benzene rings is 4. The molecule has 0 spiro atoms. The Morgan fingerprint density at radius 1 is 0.737 bits per heavy atom. The second-order valence-electron chi connectivity index (χ2n) is 8.72. The summed E-state index contributed by atoms with van der Waals surface area (Å²) in [6.45, 7) is 0.128. The lowest BCUT2D eigenvalue weighted by Gasteiger charge is -2.16. The molecule has 1 heterocycles. The van der Waals surface area contributed by atoms with Crippen LogP contribution in [0.3, 0.4) is 0 Å². The summed E-state index contributed by atoms with van der Waals surface area (Å²) in [6.07, 6.45) is -0.752. The first-order valence-corrected chi connectivity index (χ1v) is 13.4. The van der Waals surface area contributed by atoms with Crippen molar-refractivity contribution >= 4 is 11.8 Å². The maximum absolute atomic E-state index is 10.8. The smallest absolute Gasteiger partial charge is 0.127 e. The van der Waals surface area contributed by atoms with E-state index in [1.807, 2.05) is 121 Å². The fraction of sp³-hybridized carbons (Fsp3) is 0.0909. The highest BCUT2D eigenvalue weighted by Gasteiger charge is 2.18. The van der Waals surface area contributed by atoms with Crippen LogP contribution >= 0.6 is 11.8 Å². The van der Waals surface area contributed by atoms with Crippen LogP contribution in [0.15, 0.2) is 126 Å². The SMILES string of the molecule is N#Cc1c(-c2ccccc2)cc(-c2ccccc2)nc1SCC(O)COc1ccccc1-c1ccccc1. The number of nitriles is 1. The predicted octanol–water partition coefficient (Wildman–Crippen LogP) is 7.49. The molecule has 38 heavy (non-hydrogen) atoms. The van der Waals surface area contributed by atoms with E-state index in [-0.39, 0.29) is 6.61 Å². The minimum Gasteiger partial charge on any atom is -0.490 e. The first-order valence-electron chi connectivity index (χ1n) is 12.4. The Hall–Kier alpha value is -4.37. The summed E-state index contributed by atoms with van der Waals surface area (Å²) in [6, 6.07) is 41.9. The van der Waals surface area contributed by atoms with Crippen LogP contribution in [0, 0.1) is 11.3 Å². The number of ether oxygens (including phenoxy) is 1. The Morgan fingerprint density at radius 2 is 1.29 bits per heavy atom. The molecule has 0 radical (unpaired) electrons. The van der Waals surface area contributed by atoms with Crippen LogP contribution in [0.2, 0.25) is 0 Å². The second kappa shape index (κ2) is 12.2. The normalized spacial score (nSPS) is 11.5. The lowest BCUT2D eigenvalue weighted by Crippen LogP contribution is -2.20. The lowest BCUT2D eigenvalue weighted by molar-refractivity contribution is 0.126. The van der Waals surface area contributed by atoms with Gasteiger partial charge in [-0.05, 0) is 23.3 Å². The van der Waals surface area contributed by atoms with Gasteiger partial charge in [-0.1, -0.05) is 109 Å². The highest BCUT2D eigenvalue weighted by molar-refractivity contribution is 7.99. The first kappa shape index (κ1) is 25.3. The van der Waals surface area contributed by atoms with E-state index in [2.05, 4.69) is 6.07 Å². The molecule has 1 aromatic heterocycles. The van der Waals surface area contributed by atoms with Crippen molar-refractivity contribution in [3.8, 4) is 45.3 Å². The Bertz CT molecular complexity index is 1530. The first-order chi connectivity index (χ1) is 18.7. The molecular formula is C33H26N2O2S. The van der Waals surface area contributed by atoms with Crippen LogP contribution in [-0.4, -0.2) is 28.6 Å². The van der Waals surface area contributed by atoms with Crippen LogP contribution in [0.4, 0.5) is 0 Å². The van der Waals surface area contributed by atoms with E-state index in [9.17, 15) is 10.4 Å². The summed E-state index contributed by atoms with van der Waals surface area (Å²) < 4.78 is 6.04. The minimum absolute atomic E-state index is 0.128. The van der Waals surface area contributed by atoms with Gasteiger partial charge in [-0.25, -0.2) is 4.98 Å². The summed E-state index contributed by atoms with van der Waals surface area (Å²) >= 11 is 1.37. The number of hydrogen-bond donors (Lipinski definition) is 1. The summed E-state index contributed by atoms with van der Waals surface area (Å²) in [4.78, 5) is 4.83. The van der Waals surface area contributed by atoms with Gasteiger partial charge >= 0.3 is 0 Å². The third-order valence-electron chi connectivity index (χ3n) is 6.07. The van der Waals surface area contributed by atoms with Gasteiger partial charge in [0.15, 0.2) is 0 Å². The van der Waals surface area contributed by atoms with E-state index in [1.54, 1.807) is 0 Å². The maximum Gasteiger partial charge on any atom is 0.127 e. The molecular weight excluding hydrogens is 488 g/mol. The van der Waals surface area contributed by atoms with Gasteiger partial charge in [0.1, 0.15) is 23.5 Å². The monoisotopic (exact) mass is 514 g/mol. The average Bonchev–Trinajstić information content (AvgIpc) is 3.00. The number of hydrogen-bond acceptors (Lipinski definition) is 5. The van der Waals surface area contributed by atoms with Gasteiger partial charge in [0.05, 0.1) is 17.4 Å². The molecule has 1 atom stereocenters. The molecule has 1 unspecified atom stereocenters. The molecule has 5 rings (SSSR count). The third-order valence-corrected chi connectivity index (χ3v) is 7.19. The number of aliphatic hydroxyl groups excluding tert-OH is 1. The van der Waals surface area contributed by atoms with Crippen LogP contribution in [0.25, 0.3) is 33.5 Å². The van der Waals surface area contributed by atoms with Crippen molar-refractivity contribution in [3.05, 3.63) is 127 Å². The highest BCUT2D eigenvalue weighted by atomic mass is 32.2. The summed E-state index contributed by atoms with van der Waals surface area (Å²) in [7, 11) is 0. The topological polar surface area (TPSA) is 66.1 Å². The molecule has 4 nitrogen and oxygen atoms in total. The molecule has 5 aromatic rings. The Labute approximate surface area is 227 Å². The Morgan fingerprint density at radius 3 is 1.92 bits per heavy atom. The lowest BCUT2D eigenvalue weighted by atomic mass is 9.99. The predicted molar refractivity (Wildman–Crippen MR) is 154 cm³/mol. The average molecular weight is 515 g/mol. The number of rotatable bonds is 9. The Balaban J connectivity index is 1.36. The number of para-hydroxylation sites is 1. The number of thioether (sulfide) groups is 1. The molecule has 4 aromatic carbocycles. The summed E-state index contributed by atoms with van der Waals surface area (Å²) in [5, 5.41) is 21.5. The molecule has 0 saturated heterocycles. The van der Waals surface area contributed by atoms with E-state index < -0.39 is 6.10 Å². The van der Waals surface area contributed by atoms with Crippen molar-refractivity contribution in [2.45, 2.75) is 11.1 Å². The molecule has 0 aliphatic carbocycles. The molecule has 1 N–H and O–H groups in total. The second-order valence-corrected chi connectivity index (χ2v) is 9.73. The Kier molecular flexibility index (Phi) is 8.15. The molecule has 0 fully saturated rings. The number of pyridine rings is 1. The van der Waals surface area contributed by atoms with E-state index in [0.29, 0.717) is 16.3 Å². The summed E-state index contributed by atoms with van der Waals surface area (Å²) in [5.74, 6) is 1.05. The van der Waals surface area contributed by atoms with Crippen molar-refractivity contribution in [3.63, 3.8) is 0 Å². The van der Waals surface area contributed by atoms with Gasteiger partial charge in [-0.3, -0.25) is 0 Å². The van der Waals surface area contributed by atoms with Crippen molar-refractivity contribution in [2.24, 2.45) is 0 Å². The summed E-state index contributed by atoms with van der Waals surface area (Å²) in [5.41, 5.74) is 6.07. The van der Waals surface area contributed by atoms with Crippen molar-refractivity contribution in [2.75, 3.05) is 12.4 Å². The molecule has 5 heteroatoms. The zero-order valence-corrected chi connectivity index (χ0v) is 21.5. The van der Waals surface area contributed by atoms with Gasteiger partial charge in [0.2, 0.25) is 0 Å². The van der Waals surface area contributed by atoms with Gasteiger partial charge in [-0.15, -0.1) is 11.8 Å². The standard InChI is InChI=1S/C33H26N2O2S/c34-21-30-29(25-14-6-2-7-15-25)20-31(26-16-8-3-9-17-26)35-33(30)38-23-27(36)22-37-32-19-11-10-18-28(32)24-12-4-1-5-13-24/h1-20,27,36H,22-23H2. The number of aromatic nitrogens is 1. The fourth-order valence-corrected chi connectivity index (χ4v) is 5.10. The highest BCUT2D eigenvalue weighted by Crippen LogP contribution is 2.35. The van der Waals surface area contributed by atoms with Gasteiger partial charge in [0.25, 0.3) is 0 Å². The minimum atomic E-state index is -0.752. The molecule has 0 aliphatic heterocycles. The molecule has 0 aliphatic rings. The quantitative estimate of drug-likeness (QED) is 0.207. The van der Waals surface area contributed by atoms with E-state index in [4.69, 9.17) is 9.72 Å². The van der Waals surface area contributed by atoms with E-state index in [0.717, 1.165) is 39.3 Å². The zero-order valence-electron chi connectivity index (χ0n) is 20.7. The zero-order chi connectivity index (χ0) is 26.2. The van der Waals surface area contributed by atoms with Crippen LogP contribution < -0.4 is 4.74 Å². The van der Waals surface area contributed by atoms with Crippen molar-refractivity contribution in [1.29, 1.82) is 5.26 Å². The fourth-order valence-electron chi connectivity index (χ4n) is 4.19. The molecule has 0 bridgehead atoms. The third kappa shape index (κ3) is 5.95. The number of nitrogens with zero attached hydrogens (tertiary/aromatic N) is 2. The molecule has 0 amide bonds. The van der Waals surface area contributed by atoms with E-state index >= 15 is 0 Å². The van der Waals surface area contributed by atoms with Crippen molar-refractivity contribution < 1.29 is 9.84 Å². The van der Waals surface area contributed by atoms with Gasteiger partial charge < -0.3 is 9.84 Å². The largest absolute Gasteiger partial charge is 0.490 e.